The molecule has 2 aliphatic carbocycles. The highest BCUT2D eigenvalue weighted by Gasteiger charge is 2.45. The van der Waals surface area contributed by atoms with E-state index in [-0.39, 0.29) is 37.3 Å². The molecule has 47 heavy (non-hydrogen) atoms. The molecule has 2 aromatic heterocycles. The summed E-state index contributed by atoms with van der Waals surface area (Å²) in [7, 11) is 0. The van der Waals surface area contributed by atoms with Crippen molar-refractivity contribution in [3.8, 4) is 5.75 Å². The summed E-state index contributed by atoms with van der Waals surface area (Å²) in [4.78, 5) is 21.4. The van der Waals surface area contributed by atoms with Crippen LogP contribution in [0.3, 0.4) is 0 Å². The van der Waals surface area contributed by atoms with Crippen LogP contribution in [0.4, 0.5) is 14.6 Å². The SMILES string of the molecule is CCCSc1nc(N[C@H]2C[C@H]2c2ccc(F)c(F)c2)c2nnn([C@H]3C[C@@H](OCCOC(=O)/C=C/c4ccc(O)cc4)[C@@H](O)[C@@H]3O)c2n1. The molecule has 4 aromatic rings. The van der Waals surface area contributed by atoms with Crippen molar-refractivity contribution in [1.29, 1.82) is 0 Å². The normalized spacial score (nSPS) is 23.9. The van der Waals surface area contributed by atoms with E-state index in [2.05, 4.69) is 25.6 Å². The van der Waals surface area contributed by atoms with Gasteiger partial charge in [0.2, 0.25) is 0 Å². The third-order valence-electron chi connectivity index (χ3n) is 8.10. The Labute approximate surface area is 272 Å². The first kappa shape index (κ1) is 32.7. The molecule has 6 atom stereocenters. The predicted octanol–water partition coefficient (Wildman–Crippen LogP) is 3.98. The number of fused-ring (bicyclic) bond motifs is 1. The molecule has 4 N–H and O–H groups in total. The number of phenolic OH excluding ortho intramolecular Hbond substituents is 1. The van der Waals surface area contributed by atoms with E-state index in [1.54, 1.807) is 24.3 Å². The van der Waals surface area contributed by atoms with Crippen LogP contribution in [0.5, 0.6) is 5.75 Å². The molecule has 2 saturated carbocycles. The molecule has 0 bridgehead atoms. The molecule has 0 amide bonds. The second kappa shape index (κ2) is 14.3. The molecule has 0 radical (unpaired) electrons. The van der Waals surface area contributed by atoms with Crippen LogP contribution in [-0.2, 0) is 14.3 Å². The number of phenols is 1. The Morgan fingerprint density at radius 2 is 1.89 bits per heavy atom. The highest BCUT2D eigenvalue weighted by molar-refractivity contribution is 7.99. The second-order valence-electron chi connectivity index (χ2n) is 11.5. The number of thioether (sulfide) groups is 1. The summed E-state index contributed by atoms with van der Waals surface area (Å²) < 4.78 is 39.7. The van der Waals surface area contributed by atoms with E-state index in [0.717, 1.165) is 18.2 Å². The Hall–Kier alpha value is -4.18. The van der Waals surface area contributed by atoms with Crippen molar-refractivity contribution in [2.24, 2.45) is 0 Å². The smallest absolute Gasteiger partial charge is 0.330 e. The van der Waals surface area contributed by atoms with Crippen molar-refractivity contribution in [3.05, 3.63) is 71.3 Å². The summed E-state index contributed by atoms with van der Waals surface area (Å²) in [6.07, 6.45) is 1.36. The number of rotatable bonds is 13. The molecule has 6 rings (SSSR count). The summed E-state index contributed by atoms with van der Waals surface area (Å²) in [5, 5.41) is 43.6. The average Bonchev–Trinajstić information content (AvgIpc) is 3.61. The van der Waals surface area contributed by atoms with Gasteiger partial charge in [0.15, 0.2) is 33.8 Å². The van der Waals surface area contributed by atoms with Crippen molar-refractivity contribution in [3.63, 3.8) is 0 Å². The topological polar surface area (TPSA) is 165 Å². The largest absolute Gasteiger partial charge is 0.508 e. The molecule has 2 fully saturated rings. The minimum absolute atomic E-state index is 0.00733. The van der Waals surface area contributed by atoms with Gasteiger partial charge in [-0.25, -0.2) is 28.2 Å². The van der Waals surface area contributed by atoms with Crippen LogP contribution < -0.4 is 5.32 Å². The third-order valence-corrected chi connectivity index (χ3v) is 9.15. The number of halogens is 2. The van der Waals surface area contributed by atoms with Crippen LogP contribution in [0.2, 0.25) is 0 Å². The number of aliphatic hydroxyl groups is 2. The molecule has 0 spiro atoms. The van der Waals surface area contributed by atoms with Gasteiger partial charge in [0.25, 0.3) is 0 Å². The molecular weight excluding hydrogens is 634 g/mol. The first-order valence-corrected chi connectivity index (χ1v) is 16.3. The van der Waals surface area contributed by atoms with E-state index < -0.39 is 42.0 Å². The maximum atomic E-state index is 13.8. The van der Waals surface area contributed by atoms with Crippen molar-refractivity contribution < 1.29 is 38.4 Å². The first-order valence-electron chi connectivity index (χ1n) is 15.3. The van der Waals surface area contributed by atoms with E-state index in [1.807, 2.05) is 6.92 Å². The van der Waals surface area contributed by atoms with Crippen molar-refractivity contribution in [2.75, 3.05) is 24.3 Å². The van der Waals surface area contributed by atoms with E-state index in [4.69, 9.17) is 9.47 Å². The summed E-state index contributed by atoms with van der Waals surface area (Å²) in [5.74, 6) is -1.06. The lowest BCUT2D eigenvalue weighted by Crippen LogP contribution is -2.33. The Bertz CT molecular complexity index is 1760. The number of hydrogen-bond acceptors (Lipinski definition) is 12. The quantitative estimate of drug-likeness (QED) is 0.0533. The van der Waals surface area contributed by atoms with Gasteiger partial charge in [-0.15, -0.1) is 5.10 Å². The standard InChI is InChI=1S/C32H34F2N6O6S/c1-2-13-47-32-36-30(35-23-15-20(23)18-6-9-21(33)22(34)14-18)27-31(37-32)40(39-38-27)24-16-25(29(44)28(24)43)45-11-12-46-26(42)10-5-17-3-7-19(41)8-4-17/h3-10,14,20,23-25,28-29,41,43-44H,2,11-13,15-16H2,1H3,(H,35,36,37)/b10-5+/t20-,23-,24-,25+,28+,29+/m0/s1. The predicted molar refractivity (Wildman–Crippen MR) is 169 cm³/mol. The summed E-state index contributed by atoms with van der Waals surface area (Å²) >= 11 is 1.46. The fraction of sp³-hybridized carbons (Fsp3) is 0.406. The van der Waals surface area contributed by atoms with Crippen LogP contribution in [0, 0.1) is 11.6 Å². The molecule has 248 valence electrons. The van der Waals surface area contributed by atoms with Crippen molar-refractivity contribution in [1.82, 2.24) is 25.0 Å². The number of aliphatic hydroxyl groups excluding tert-OH is 2. The highest BCUT2D eigenvalue weighted by atomic mass is 32.2. The molecule has 12 nitrogen and oxygen atoms in total. The zero-order valence-electron chi connectivity index (χ0n) is 25.4. The zero-order valence-corrected chi connectivity index (χ0v) is 26.2. The molecular formula is C32H34F2N6O6S. The number of aromatic hydroxyl groups is 1. The maximum absolute atomic E-state index is 13.8. The van der Waals surface area contributed by atoms with Gasteiger partial charge >= 0.3 is 5.97 Å². The average molecular weight is 669 g/mol. The van der Waals surface area contributed by atoms with E-state index in [0.29, 0.717) is 39.7 Å². The minimum atomic E-state index is -1.24. The molecule has 2 aliphatic rings. The fourth-order valence-electron chi connectivity index (χ4n) is 5.55. The number of anilines is 1. The van der Waals surface area contributed by atoms with E-state index in [1.165, 1.54) is 40.7 Å². The van der Waals surface area contributed by atoms with Gasteiger partial charge in [-0.2, -0.15) is 0 Å². The number of hydrogen-bond donors (Lipinski definition) is 4. The zero-order chi connectivity index (χ0) is 33.1. The van der Waals surface area contributed by atoms with E-state index >= 15 is 0 Å². The number of nitrogens with one attached hydrogen (secondary N) is 1. The van der Waals surface area contributed by atoms with Gasteiger partial charge in [-0.1, -0.05) is 42.1 Å². The number of esters is 1. The second-order valence-corrected chi connectivity index (χ2v) is 12.5. The lowest BCUT2D eigenvalue weighted by atomic mass is 10.1. The van der Waals surface area contributed by atoms with Gasteiger partial charge in [0, 0.05) is 30.2 Å². The third kappa shape index (κ3) is 7.53. The number of carbonyl (C=O) groups excluding carboxylic acids is 1. The number of carbonyl (C=O) groups is 1. The minimum Gasteiger partial charge on any atom is -0.508 e. The maximum Gasteiger partial charge on any atom is 0.330 e. The monoisotopic (exact) mass is 668 g/mol. The highest BCUT2D eigenvalue weighted by Crippen LogP contribution is 2.44. The number of ether oxygens (including phenoxy) is 2. The number of aromatic nitrogens is 5. The molecule has 0 saturated heterocycles. The number of nitrogens with zero attached hydrogens (tertiary/aromatic N) is 5. The van der Waals surface area contributed by atoms with Crippen LogP contribution in [0.1, 0.15) is 49.3 Å². The molecule has 2 aromatic carbocycles. The van der Waals surface area contributed by atoms with Gasteiger partial charge in [0.1, 0.15) is 24.6 Å². The van der Waals surface area contributed by atoms with Crippen molar-refractivity contribution in [2.45, 2.75) is 67.7 Å². The first-order chi connectivity index (χ1) is 22.7. The Balaban J connectivity index is 1.10. The Kier molecular flexibility index (Phi) is 9.96. The van der Waals surface area contributed by atoms with Crippen LogP contribution >= 0.6 is 11.8 Å². The number of benzene rings is 2. The molecule has 15 heteroatoms. The summed E-state index contributed by atoms with van der Waals surface area (Å²) in [6.45, 7) is 1.97. The molecule has 2 heterocycles. The van der Waals surface area contributed by atoms with Gasteiger partial charge in [-0.3, -0.25) is 0 Å². The molecule has 0 aliphatic heterocycles. The summed E-state index contributed by atoms with van der Waals surface area (Å²) in [5.41, 5.74) is 2.15. The Morgan fingerprint density at radius 1 is 1.09 bits per heavy atom. The fourth-order valence-corrected chi connectivity index (χ4v) is 6.24. The lowest BCUT2D eigenvalue weighted by Gasteiger charge is -2.17. The van der Waals surface area contributed by atoms with Crippen molar-refractivity contribution >= 4 is 40.8 Å². The van der Waals surface area contributed by atoms with Gasteiger partial charge in [-0.05, 0) is 54.3 Å². The summed E-state index contributed by atoms with van der Waals surface area (Å²) in [6, 6.07) is 9.43. The molecule has 0 unspecified atom stereocenters. The van der Waals surface area contributed by atoms with Crippen LogP contribution in [0.25, 0.3) is 17.2 Å². The van der Waals surface area contributed by atoms with Crippen LogP contribution in [0.15, 0.2) is 53.7 Å². The Morgan fingerprint density at radius 3 is 2.66 bits per heavy atom. The lowest BCUT2D eigenvalue weighted by molar-refractivity contribution is -0.140. The van der Waals surface area contributed by atoms with Gasteiger partial charge in [0.05, 0.1) is 18.8 Å². The van der Waals surface area contributed by atoms with Gasteiger partial charge < -0.3 is 30.1 Å². The van der Waals surface area contributed by atoms with Crippen LogP contribution in [-0.4, -0.2) is 89.6 Å². The van der Waals surface area contributed by atoms with E-state index in [9.17, 15) is 28.9 Å².